The number of carbonyl (C=O) groups is 1. The maximum absolute atomic E-state index is 12.4. The number of hydrogen-bond donors (Lipinski definition) is 1. The number of fused-ring (bicyclic) bond motifs is 2. The molecule has 2 aliphatic rings. The van der Waals surface area contributed by atoms with E-state index in [2.05, 4.69) is 15.9 Å². The highest BCUT2D eigenvalue weighted by atomic mass is 16.5. The van der Waals surface area contributed by atoms with Gasteiger partial charge in [-0.25, -0.2) is 0 Å². The number of benzene rings is 1. The number of ether oxygens (including phenoxy) is 1. The van der Waals surface area contributed by atoms with Crippen molar-refractivity contribution in [1.82, 2.24) is 9.80 Å². The average molecular weight is 386 g/mol. The zero-order valence-electron chi connectivity index (χ0n) is 17.1. The smallest absolute Gasteiger partial charge is 0.152 e. The Morgan fingerprint density at radius 3 is 2.39 bits per heavy atom. The van der Waals surface area contributed by atoms with Gasteiger partial charge in [-0.3, -0.25) is 14.6 Å². The minimum absolute atomic E-state index is 0.226. The van der Waals surface area contributed by atoms with Crippen LogP contribution in [0.5, 0.6) is 5.75 Å². The summed E-state index contributed by atoms with van der Waals surface area (Å²) in [7, 11) is 0. The first-order valence-corrected chi connectivity index (χ1v) is 10.1. The monoisotopic (exact) mass is 385 g/mol. The van der Waals surface area contributed by atoms with E-state index < -0.39 is 6.10 Å². The van der Waals surface area contributed by atoms with E-state index in [0.29, 0.717) is 42.3 Å². The van der Waals surface area contributed by atoms with Gasteiger partial charge in [-0.15, -0.1) is 0 Å². The van der Waals surface area contributed by atoms with Gasteiger partial charge in [0.25, 0.3) is 0 Å². The highest BCUT2D eigenvalue weighted by molar-refractivity contribution is 5.85. The third-order valence-corrected chi connectivity index (χ3v) is 5.77. The van der Waals surface area contributed by atoms with E-state index >= 15 is 0 Å². The summed E-state index contributed by atoms with van der Waals surface area (Å²) in [5.41, 5.74) is 0.293. The number of aliphatic hydroxyl groups is 1. The Morgan fingerprint density at radius 1 is 1.25 bits per heavy atom. The lowest BCUT2D eigenvalue weighted by atomic mass is 9.90. The molecule has 1 N–H and O–H groups in total. The fraction of sp³-hybridized carbons (Fsp3) is 0.636. The molecule has 0 saturated carbocycles. The standard InChI is InChI=1S/C22H31N3O3/c1-22(2,3)21(27)14-25-17-6-7-18(25)12-24(11-17)13-19(26)15-28-20-8-4-16(10-23)5-9-20/h4-5,8-9,17-19,26H,6-7,11-15H2,1-3H3. The lowest BCUT2D eigenvalue weighted by molar-refractivity contribution is -0.129. The Labute approximate surface area is 167 Å². The van der Waals surface area contributed by atoms with Crippen LogP contribution in [-0.2, 0) is 4.79 Å². The molecule has 0 amide bonds. The van der Waals surface area contributed by atoms with Gasteiger partial charge in [0.2, 0.25) is 0 Å². The van der Waals surface area contributed by atoms with Gasteiger partial charge in [0, 0.05) is 37.1 Å². The van der Waals surface area contributed by atoms with Crippen molar-refractivity contribution >= 4 is 5.78 Å². The minimum atomic E-state index is -0.571. The fourth-order valence-electron chi connectivity index (χ4n) is 4.06. The van der Waals surface area contributed by atoms with E-state index in [0.717, 1.165) is 25.9 Å². The molecule has 2 bridgehead atoms. The molecule has 6 heteroatoms. The predicted molar refractivity (Wildman–Crippen MR) is 107 cm³/mol. The third kappa shape index (κ3) is 5.11. The Hall–Kier alpha value is -1.94. The number of β-amino-alcohol motifs (C(OH)–C–C–N with tert-alkyl or cyclic N) is 1. The summed E-state index contributed by atoms with van der Waals surface area (Å²) in [6, 6.07) is 9.78. The van der Waals surface area contributed by atoms with Crippen LogP contribution in [0.15, 0.2) is 24.3 Å². The normalized spacial score (nSPS) is 24.0. The van der Waals surface area contributed by atoms with Crippen molar-refractivity contribution in [3.05, 3.63) is 29.8 Å². The topological polar surface area (TPSA) is 76.8 Å². The second kappa shape index (κ2) is 8.60. The molecule has 2 heterocycles. The molecule has 0 spiro atoms. The van der Waals surface area contributed by atoms with E-state index in [4.69, 9.17) is 10.00 Å². The number of carbonyl (C=O) groups excluding carboxylic acids is 1. The van der Waals surface area contributed by atoms with E-state index in [1.165, 1.54) is 0 Å². The molecule has 2 saturated heterocycles. The number of nitrogens with zero attached hydrogens (tertiary/aromatic N) is 3. The van der Waals surface area contributed by atoms with E-state index in [-0.39, 0.29) is 12.0 Å². The van der Waals surface area contributed by atoms with Crippen molar-refractivity contribution in [3.8, 4) is 11.8 Å². The van der Waals surface area contributed by atoms with Crippen LogP contribution >= 0.6 is 0 Å². The molecule has 2 fully saturated rings. The van der Waals surface area contributed by atoms with Crippen LogP contribution in [0.25, 0.3) is 0 Å². The van der Waals surface area contributed by atoms with Crippen LogP contribution < -0.4 is 4.74 Å². The molecule has 3 atom stereocenters. The Morgan fingerprint density at radius 2 is 1.86 bits per heavy atom. The van der Waals surface area contributed by atoms with Gasteiger partial charge >= 0.3 is 0 Å². The molecular weight excluding hydrogens is 354 g/mol. The van der Waals surface area contributed by atoms with E-state index in [9.17, 15) is 9.90 Å². The molecule has 0 radical (unpaired) electrons. The second-order valence-electron chi connectivity index (χ2n) is 9.05. The van der Waals surface area contributed by atoms with Gasteiger partial charge in [0.1, 0.15) is 18.5 Å². The highest BCUT2D eigenvalue weighted by Crippen LogP contribution is 2.31. The minimum Gasteiger partial charge on any atom is -0.491 e. The highest BCUT2D eigenvalue weighted by Gasteiger charge is 2.41. The van der Waals surface area contributed by atoms with Crippen LogP contribution in [0.1, 0.15) is 39.2 Å². The van der Waals surface area contributed by atoms with Crippen LogP contribution in [-0.4, -0.2) is 71.7 Å². The number of aliphatic hydroxyl groups excluding tert-OH is 1. The first-order chi connectivity index (χ1) is 13.3. The summed E-state index contributed by atoms with van der Waals surface area (Å²) in [4.78, 5) is 17.1. The SMILES string of the molecule is CC(C)(C)C(=O)CN1C2CCC1CN(CC(O)COc1ccc(C#N)cc1)C2. The van der Waals surface area contributed by atoms with Crippen LogP contribution in [0.4, 0.5) is 0 Å². The first kappa shape index (κ1) is 20.8. The molecule has 2 aliphatic heterocycles. The number of nitriles is 1. The van der Waals surface area contributed by atoms with Crippen LogP contribution in [0.2, 0.25) is 0 Å². The molecule has 0 aliphatic carbocycles. The predicted octanol–water partition coefficient (Wildman–Crippen LogP) is 2.06. The summed E-state index contributed by atoms with van der Waals surface area (Å²) in [6.07, 6.45) is 1.67. The third-order valence-electron chi connectivity index (χ3n) is 5.77. The number of piperazine rings is 1. The fourth-order valence-corrected chi connectivity index (χ4v) is 4.06. The number of Topliss-reactive ketones (excluding diaryl/α,β-unsaturated/α-hetero) is 1. The summed E-state index contributed by atoms with van der Waals surface area (Å²) < 4.78 is 5.65. The second-order valence-corrected chi connectivity index (χ2v) is 9.05. The van der Waals surface area contributed by atoms with E-state index in [1.807, 2.05) is 20.8 Å². The van der Waals surface area contributed by atoms with Gasteiger partial charge in [0.05, 0.1) is 18.2 Å². The van der Waals surface area contributed by atoms with Gasteiger partial charge in [0.15, 0.2) is 5.78 Å². The summed E-state index contributed by atoms with van der Waals surface area (Å²) in [5, 5.41) is 19.2. The Balaban J connectivity index is 1.46. The van der Waals surface area contributed by atoms with Gasteiger partial charge in [-0.05, 0) is 37.1 Å². The largest absolute Gasteiger partial charge is 0.491 e. The quantitative estimate of drug-likeness (QED) is 0.774. The zero-order chi connectivity index (χ0) is 20.3. The van der Waals surface area contributed by atoms with E-state index in [1.54, 1.807) is 24.3 Å². The first-order valence-electron chi connectivity index (χ1n) is 10.1. The van der Waals surface area contributed by atoms with Crippen molar-refractivity contribution in [1.29, 1.82) is 5.26 Å². The number of ketones is 1. The molecule has 6 nitrogen and oxygen atoms in total. The molecule has 1 aromatic carbocycles. The van der Waals surface area contributed by atoms with Gasteiger partial charge < -0.3 is 9.84 Å². The summed E-state index contributed by atoms with van der Waals surface area (Å²) >= 11 is 0. The van der Waals surface area contributed by atoms with Gasteiger partial charge in [-0.2, -0.15) is 5.26 Å². The molecule has 3 unspecified atom stereocenters. The van der Waals surface area contributed by atoms with Crippen molar-refractivity contribution in [2.24, 2.45) is 5.41 Å². The lowest BCUT2D eigenvalue weighted by Crippen LogP contribution is -2.57. The van der Waals surface area contributed by atoms with Gasteiger partial charge in [-0.1, -0.05) is 20.8 Å². The molecule has 28 heavy (non-hydrogen) atoms. The number of likely N-dealkylation sites (tertiary alicyclic amines) is 1. The molecular formula is C22H31N3O3. The molecule has 0 aromatic heterocycles. The molecule has 3 rings (SSSR count). The van der Waals surface area contributed by atoms with Crippen LogP contribution in [0.3, 0.4) is 0 Å². The van der Waals surface area contributed by atoms with Crippen molar-refractivity contribution in [2.45, 2.75) is 51.8 Å². The Bertz CT molecular complexity index is 706. The Kier molecular flexibility index (Phi) is 6.39. The maximum atomic E-state index is 12.4. The van der Waals surface area contributed by atoms with Crippen molar-refractivity contribution in [2.75, 3.05) is 32.8 Å². The van der Waals surface area contributed by atoms with Crippen molar-refractivity contribution < 1.29 is 14.6 Å². The average Bonchev–Trinajstić information content (AvgIpc) is 2.88. The number of hydrogen-bond acceptors (Lipinski definition) is 6. The summed E-state index contributed by atoms with van der Waals surface area (Å²) in [5.74, 6) is 0.956. The lowest BCUT2D eigenvalue weighted by Gasteiger charge is -2.42. The van der Waals surface area contributed by atoms with Crippen LogP contribution in [0, 0.1) is 16.7 Å². The van der Waals surface area contributed by atoms with Crippen molar-refractivity contribution in [3.63, 3.8) is 0 Å². The zero-order valence-corrected chi connectivity index (χ0v) is 17.1. The maximum Gasteiger partial charge on any atom is 0.152 e. The molecule has 1 aromatic rings. The summed E-state index contributed by atoms with van der Waals surface area (Å²) in [6.45, 7) is 9.07. The molecule has 152 valence electrons. The number of rotatable bonds is 7.